The number of benzene rings is 2. The highest BCUT2D eigenvalue weighted by Crippen LogP contribution is 2.17. The molecule has 19 heavy (non-hydrogen) atoms. The number of amides is 1. The van der Waals surface area contributed by atoms with E-state index in [4.69, 9.17) is 11.6 Å². The van der Waals surface area contributed by atoms with E-state index < -0.39 is 0 Å². The number of rotatable bonds is 4. The van der Waals surface area contributed by atoms with E-state index >= 15 is 0 Å². The highest BCUT2D eigenvalue weighted by atomic mass is 127. The van der Waals surface area contributed by atoms with Crippen molar-refractivity contribution < 1.29 is 4.79 Å². The van der Waals surface area contributed by atoms with Crippen LogP contribution in [0.2, 0.25) is 5.02 Å². The van der Waals surface area contributed by atoms with Gasteiger partial charge in [0.1, 0.15) is 0 Å². The van der Waals surface area contributed by atoms with Gasteiger partial charge in [-0.2, -0.15) is 0 Å². The molecule has 0 aliphatic heterocycles. The summed E-state index contributed by atoms with van der Waals surface area (Å²) in [7, 11) is 0. The van der Waals surface area contributed by atoms with Crippen LogP contribution in [0, 0.1) is 3.57 Å². The van der Waals surface area contributed by atoms with Crippen LogP contribution in [0.5, 0.6) is 0 Å². The van der Waals surface area contributed by atoms with Gasteiger partial charge in [-0.1, -0.05) is 29.8 Å². The fraction of sp³-hybridized carbons (Fsp3) is 0.0714. The van der Waals surface area contributed by atoms with Gasteiger partial charge >= 0.3 is 0 Å². The Labute approximate surface area is 130 Å². The third-order valence-electron chi connectivity index (χ3n) is 2.42. The zero-order valence-corrected chi connectivity index (χ0v) is 12.9. The molecule has 2 rings (SSSR count). The summed E-state index contributed by atoms with van der Waals surface area (Å²) in [5.74, 6) is -0.109. The molecular weight excluding hydrogens is 375 g/mol. The van der Waals surface area contributed by atoms with Crippen molar-refractivity contribution >= 4 is 51.5 Å². The normalized spacial score (nSPS) is 10.0. The Hall–Kier alpha value is -1.27. The third-order valence-corrected chi connectivity index (χ3v) is 3.60. The average molecular weight is 387 g/mol. The third kappa shape index (κ3) is 4.40. The molecule has 0 spiro atoms. The number of carbonyl (C=O) groups excluding carboxylic acids is 1. The average Bonchev–Trinajstić information content (AvgIpc) is 2.38. The van der Waals surface area contributed by atoms with Crippen LogP contribution in [0.3, 0.4) is 0 Å². The van der Waals surface area contributed by atoms with Gasteiger partial charge in [0.2, 0.25) is 5.91 Å². The number of halogens is 2. The van der Waals surface area contributed by atoms with Gasteiger partial charge in [-0.3, -0.25) is 4.79 Å². The van der Waals surface area contributed by atoms with Gasteiger partial charge in [-0.25, -0.2) is 0 Å². The molecule has 0 radical (unpaired) electrons. The van der Waals surface area contributed by atoms with Crippen molar-refractivity contribution in [2.75, 3.05) is 17.2 Å². The smallest absolute Gasteiger partial charge is 0.243 e. The predicted molar refractivity (Wildman–Crippen MR) is 87.7 cm³/mol. The van der Waals surface area contributed by atoms with E-state index in [-0.39, 0.29) is 12.5 Å². The number of para-hydroxylation sites is 1. The standard InChI is InChI=1S/C14H12ClIN2O/c15-10-4-3-5-11(8-10)18-14(19)9-17-13-7-2-1-6-12(13)16/h1-8,17H,9H2,(H,18,19). The van der Waals surface area contributed by atoms with Crippen LogP contribution in [0.15, 0.2) is 48.5 Å². The zero-order valence-electron chi connectivity index (χ0n) is 9.99. The molecule has 0 heterocycles. The zero-order chi connectivity index (χ0) is 13.7. The first-order valence-electron chi connectivity index (χ1n) is 5.69. The molecule has 2 N–H and O–H groups in total. The first kappa shape index (κ1) is 14.1. The summed E-state index contributed by atoms with van der Waals surface area (Å²) >= 11 is 8.08. The fourth-order valence-electron chi connectivity index (χ4n) is 1.55. The maximum Gasteiger partial charge on any atom is 0.243 e. The first-order chi connectivity index (χ1) is 9.15. The Morgan fingerprint density at radius 3 is 2.68 bits per heavy atom. The van der Waals surface area contributed by atoms with Crippen molar-refractivity contribution in [3.8, 4) is 0 Å². The maximum absolute atomic E-state index is 11.8. The molecule has 0 saturated carbocycles. The summed E-state index contributed by atoms with van der Waals surface area (Å²) in [4.78, 5) is 11.8. The van der Waals surface area contributed by atoms with E-state index in [1.807, 2.05) is 24.3 Å². The molecule has 0 saturated heterocycles. The Bertz CT molecular complexity index is 589. The highest BCUT2D eigenvalue weighted by Gasteiger charge is 2.04. The quantitative estimate of drug-likeness (QED) is 0.780. The molecule has 2 aromatic carbocycles. The van der Waals surface area contributed by atoms with E-state index in [0.29, 0.717) is 10.7 Å². The highest BCUT2D eigenvalue weighted by molar-refractivity contribution is 14.1. The summed E-state index contributed by atoms with van der Waals surface area (Å²) in [6, 6.07) is 14.9. The van der Waals surface area contributed by atoms with E-state index in [1.165, 1.54) is 0 Å². The van der Waals surface area contributed by atoms with Crippen LogP contribution in [-0.2, 0) is 4.79 Å². The van der Waals surface area contributed by atoms with Gasteiger partial charge < -0.3 is 10.6 Å². The van der Waals surface area contributed by atoms with E-state index in [2.05, 4.69) is 33.2 Å². The molecule has 0 bridgehead atoms. The predicted octanol–water partition coefficient (Wildman–Crippen LogP) is 4.00. The van der Waals surface area contributed by atoms with Crippen molar-refractivity contribution in [3.63, 3.8) is 0 Å². The van der Waals surface area contributed by atoms with Crippen molar-refractivity contribution in [2.45, 2.75) is 0 Å². The topological polar surface area (TPSA) is 41.1 Å². The van der Waals surface area contributed by atoms with Crippen LogP contribution in [0.1, 0.15) is 0 Å². The minimum Gasteiger partial charge on any atom is -0.375 e. The molecule has 0 atom stereocenters. The number of hydrogen-bond donors (Lipinski definition) is 2. The molecule has 0 unspecified atom stereocenters. The van der Waals surface area contributed by atoms with Gasteiger partial charge in [0.05, 0.1) is 6.54 Å². The van der Waals surface area contributed by atoms with Crippen molar-refractivity contribution in [2.24, 2.45) is 0 Å². The lowest BCUT2D eigenvalue weighted by molar-refractivity contribution is -0.114. The van der Waals surface area contributed by atoms with Crippen molar-refractivity contribution in [1.29, 1.82) is 0 Å². The van der Waals surface area contributed by atoms with Crippen LogP contribution in [0.25, 0.3) is 0 Å². The molecule has 0 aromatic heterocycles. The molecule has 3 nitrogen and oxygen atoms in total. The van der Waals surface area contributed by atoms with Crippen molar-refractivity contribution in [1.82, 2.24) is 0 Å². The maximum atomic E-state index is 11.8. The minimum atomic E-state index is -0.109. The number of carbonyl (C=O) groups is 1. The molecule has 98 valence electrons. The summed E-state index contributed by atoms with van der Waals surface area (Å²) in [5, 5.41) is 6.48. The van der Waals surface area contributed by atoms with Gasteiger partial charge in [-0.05, 0) is 52.9 Å². The van der Waals surface area contributed by atoms with Gasteiger partial charge in [-0.15, -0.1) is 0 Å². The first-order valence-corrected chi connectivity index (χ1v) is 7.14. The van der Waals surface area contributed by atoms with Gasteiger partial charge in [0.25, 0.3) is 0 Å². The Morgan fingerprint density at radius 1 is 1.16 bits per heavy atom. The van der Waals surface area contributed by atoms with Gasteiger partial charge in [0, 0.05) is 20.0 Å². The second kappa shape index (κ2) is 6.77. The van der Waals surface area contributed by atoms with E-state index in [9.17, 15) is 4.79 Å². The lowest BCUT2D eigenvalue weighted by Crippen LogP contribution is -2.22. The minimum absolute atomic E-state index is 0.109. The SMILES string of the molecule is O=C(CNc1ccccc1I)Nc1cccc(Cl)c1. The molecule has 1 amide bonds. The molecule has 0 fully saturated rings. The Morgan fingerprint density at radius 2 is 1.95 bits per heavy atom. The van der Waals surface area contributed by atoms with Crippen LogP contribution < -0.4 is 10.6 Å². The van der Waals surface area contributed by atoms with Crippen LogP contribution >= 0.6 is 34.2 Å². The second-order valence-corrected chi connectivity index (χ2v) is 5.49. The molecule has 0 aliphatic rings. The van der Waals surface area contributed by atoms with E-state index in [0.717, 1.165) is 9.26 Å². The molecule has 5 heteroatoms. The number of nitrogens with one attached hydrogen (secondary N) is 2. The largest absolute Gasteiger partial charge is 0.375 e. The Kier molecular flexibility index (Phi) is 5.04. The lowest BCUT2D eigenvalue weighted by Gasteiger charge is -2.09. The fourth-order valence-corrected chi connectivity index (χ4v) is 2.32. The lowest BCUT2D eigenvalue weighted by atomic mass is 10.3. The van der Waals surface area contributed by atoms with Crippen molar-refractivity contribution in [3.05, 3.63) is 57.1 Å². The van der Waals surface area contributed by atoms with Crippen LogP contribution in [0.4, 0.5) is 11.4 Å². The van der Waals surface area contributed by atoms with Crippen LogP contribution in [-0.4, -0.2) is 12.5 Å². The number of anilines is 2. The summed E-state index contributed by atoms with van der Waals surface area (Å²) < 4.78 is 1.08. The number of hydrogen-bond acceptors (Lipinski definition) is 2. The Balaban J connectivity index is 1.90. The van der Waals surface area contributed by atoms with Gasteiger partial charge in [0.15, 0.2) is 0 Å². The summed E-state index contributed by atoms with van der Waals surface area (Å²) in [6.45, 7) is 0.215. The molecule has 2 aromatic rings. The second-order valence-electron chi connectivity index (χ2n) is 3.89. The monoisotopic (exact) mass is 386 g/mol. The summed E-state index contributed by atoms with van der Waals surface area (Å²) in [5.41, 5.74) is 1.64. The summed E-state index contributed by atoms with van der Waals surface area (Å²) in [6.07, 6.45) is 0. The molecule has 0 aliphatic carbocycles. The molecular formula is C14H12ClIN2O. The van der Waals surface area contributed by atoms with E-state index in [1.54, 1.807) is 24.3 Å².